The van der Waals surface area contributed by atoms with Gasteiger partial charge in [-0.05, 0) is 24.6 Å². The van der Waals surface area contributed by atoms with E-state index in [-0.39, 0.29) is 23.2 Å². The van der Waals surface area contributed by atoms with Gasteiger partial charge in [-0.25, -0.2) is 13.1 Å². The second-order valence-electron chi connectivity index (χ2n) is 4.56. The summed E-state index contributed by atoms with van der Waals surface area (Å²) in [5, 5.41) is 0.368. The number of nitrogens with two attached hydrogens (primary N) is 1. The quantitative estimate of drug-likeness (QED) is 0.805. The van der Waals surface area contributed by atoms with Crippen molar-refractivity contribution in [3.8, 4) is 0 Å². The molecule has 1 aromatic carbocycles. The van der Waals surface area contributed by atoms with Crippen LogP contribution in [-0.4, -0.2) is 40.9 Å². The summed E-state index contributed by atoms with van der Waals surface area (Å²) < 4.78 is 37.4. The Kier molecular flexibility index (Phi) is 4.87. The van der Waals surface area contributed by atoms with Crippen LogP contribution in [0, 0.1) is 6.92 Å². The number of benzene rings is 1. The summed E-state index contributed by atoms with van der Waals surface area (Å²) in [6.45, 7) is 3.25. The summed E-state index contributed by atoms with van der Waals surface area (Å²) in [6, 6.07) is 2.83. The lowest BCUT2D eigenvalue weighted by molar-refractivity contribution is -0.0846. The number of aryl methyl sites for hydroxylation is 1. The Morgan fingerprint density at radius 2 is 2.20 bits per heavy atom. The molecule has 1 fully saturated rings. The maximum Gasteiger partial charge on any atom is 0.240 e. The molecule has 112 valence electrons. The molecule has 6 nitrogen and oxygen atoms in total. The molecule has 0 amide bonds. The van der Waals surface area contributed by atoms with Crippen molar-refractivity contribution in [2.75, 3.05) is 32.1 Å². The molecular weight excluding hydrogens is 304 g/mol. The number of nitrogen functional groups attached to an aromatic ring is 1. The van der Waals surface area contributed by atoms with Gasteiger partial charge in [0.2, 0.25) is 10.0 Å². The predicted octanol–water partition coefficient (Wildman–Crippen LogP) is 0.924. The molecule has 1 aromatic rings. The monoisotopic (exact) mass is 320 g/mol. The summed E-state index contributed by atoms with van der Waals surface area (Å²) in [4.78, 5) is 0.0913. The van der Waals surface area contributed by atoms with E-state index in [1.54, 1.807) is 6.92 Å². The van der Waals surface area contributed by atoms with Gasteiger partial charge in [0.05, 0.1) is 41.5 Å². The van der Waals surface area contributed by atoms with Crippen LogP contribution in [-0.2, 0) is 19.5 Å². The van der Waals surface area contributed by atoms with E-state index in [0.29, 0.717) is 30.4 Å². The maximum atomic E-state index is 12.2. The van der Waals surface area contributed by atoms with Crippen LogP contribution in [0.4, 0.5) is 5.69 Å². The zero-order chi connectivity index (χ0) is 14.8. The molecule has 20 heavy (non-hydrogen) atoms. The van der Waals surface area contributed by atoms with Gasteiger partial charge in [0.15, 0.2) is 0 Å². The maximum absolute atomic E-state index is 12.2. The largest absolute Gasteiger partial charge is 0.397 e. The van der Waals surface area contributed by atoms with Crippen LogP contribution in [0.3, 0.4) is 0 Å². The predicted molar refractivity (Wildman–Crippen MR) is 76.3 cm³/mol. The van der Waals surface area contributed by atoms with Gasteiger partial charge in [-0.2, -0.15) is 0 Å². The fourth-order valence-electron chi connectivity index (χ4n) is 1.86. The van der Waals surface area contributed by atoms with Crippen LogP contribution in [0.15, 0.2) is 17.0 Å². The van der Waals surface area contributed by atoms with Crippen molar-refractivity contribution in [2.24, 2.45) is 0 Å². The molecule has 1 unspecified atom stereocenters. The van der Waals surface area contributed by atoms with Gasteiger partial charge >= 0.3 is 0 Å². The van der Waals surface area contributed by atoms with Crippen LogP contribution in [0.5, 0.6) is 0 Å². The van der Waals surface area contributed by atoms with E-state index in [4.69, 9.17) is 26.8 Å². The van der Waals surface area contributed by atoms with Crippen molar-refractivity contribution in [3.63, 3.8) is 0 Å². The molecule has 0 aliphatic carbocycles. The zero-order valence-electron chi connectivity index (χ0n) is 11.1. The minimum Gasteiger partial charge on any atom is -0.397 e. The highest BCUT2D eigenvalue weighted by atomic mass is 35.5. The molecule has 2 rings (SSSR count). The van der Waals surface area contributed by atoms with Gasteiger partial charge in [-0.15, -0.1) is 0 Å². The lowest BCUT2D eigenvalue weighted by atomic mass is 10.2. The Morgan fingerprint density at radius 3 is 2.80 bits per heavy atom. The zero-order valence-corrected chi connectivity index (χ0v) is 12.6. The molecule has 8 heteroatoms. The summed E-state index contributed by atoms with van der Waals surface area (Å²) >= 11 is 5.92. The van der Waals surface area contributed by atoms with Gasteiger partial charge in [-0.1, -0.05) is 11.6 Å². The molecule has 1 saturated heterocycles. The van der Waals surface area contributed by atoms with Crippen molar-refractivity contribution in [3.05, 3.63) is 22.7 Å². The average molecular weight is 321 g/mol. The highest BCUT2D eigenvalue weighted by Gasteiger charge is 2.20. The average Bonchev–Trinajstić information content (AvgIpc) is 2.43. The normalized spacial score (nSPS) is 20.0. The molecule has 1 heterocycles. The van der Waals surface area contributed by atoms with Gasteiger partial charge in [-0.3, -0.25) is 0 Å². The third kappa shape index (κ3) is 3.62. The number of hydrogen-bond acceptors (Lipinski definition) is 5. The highest BCUT2D eigenvalue weighted by molar-refractivity contribution is 7.89. The third-order valence-electron chi connectivity index (χ3n) is 2.95. The fraction of sp³-hybridized carbons (Fsp3) is 0.500. The molecule has 0 aromatic heterocycles. The molecule has 0 saturated carbocycles. The van der Waals surface area contributed by atoms with Crippen molar-refractivity contribution in [1.29, 1.82) is 0 Å². The Labute approximate surface area is 123 Å². The van der Waals surface area contributed by atoms with Gasteiger partial charge in [0.25, 0.3) is 0 Å². The summed E-state index contributed by atoms with van der Waals surface area (Å²) in [6.07, 6.45) is -0.274. The highest BCUT2D eigenvalue weighted by Crippen LogP contribution is 2.26. The molecule has 1 aliphatic rings. The molecule has 0 bridgehead atoms. The number of rotatable bonds is 4. The summed E-state index contributed by atoms with van der Waals surface area (Å²) in [5.41, 5.74) is 6.54. The molecule has 0 spiro atoms. The van der Waals surface area contributed by atoms with Crippen molar-refractivity contribution >= 4 is 27.3 Å². The number of halogens is 1. The first-order valence-corrected chi connectivity index (χ1v) is 8.01. The first-order chi connectivity index (χ1) is 9.40. The molecule has 1 atom stereocenters. The number of nitrogens with one attached hydrogen (secondary N) is 1. The number of anilines is 1. The van der Waals surface area contributed by atoms with Crippen molar-refractivity contribution in [1.82, 2.24) is 4.72 Å². The minimum atomic E-state index is -3.65. The van der Waals surface area contributed by atoms with Crippen LogP contribution in [0.25, 0.3) is 0 Å². The standard InChI is InChI=1S/C12H17ClN2O4S/c1-8-4-10(5-11(14)12(8)13)20(16,17)15-6-9-7-18-2-3-19-9/h4-5,9,15H,2-3,6-7,14H2,1H3. The topological polar surface area (TPSA) is 90.7 Å². The molecule has 1 aliphatic heterocycles. The minimum absolute atomic E-state index is 0.0913. The summed E-state index contributed by atoms with van der Waals surface area (Å²) in [5.74, 6) is 0. The van der Waals surface area contributed by atoms with Gasteiger partial charge < -0.3 is 15.2 Å². The van der Waals surface area contributed by atoms with Crippen molar-refractivity contribution < 1.29 is 17.9 Å². The van der Waals surface area contributed by atoms with Crippen LogP contribution in [0.2, 0.25) is 5.02 Å². The second kappa shape index (κ2) is 6.28. The van der Waals surface area contributed by atoms with Crippen LogP contribution < -0.4 is 10.5 Å². The molecular formula is C12H17ClN2O4S. The smallest absolute Gasteiger partial charge is 0.240 e. The van der Waals surface area contributed by atoms with Crippen LogP contribution in [0.1, 0.15) is 5.56 Å². The first-order valence-electron chi connectivity index (χ1n) is 6.15. The Bertz CT molecular complexity index is 562. The lowest BCUT2D eigenvalue weighted by Gasteiger charge is -2.23. The summed E-state index contributed by atoms with van der Waals surface area (Å²) in [7, 11) is -3.65. The second-order valence-corrected chi connectivity index (χ2v) is 6.71. The lowest BCUT2D eigenvalue weighted by Crippen LogP contribution is -2.39. The van der Waals surface area contributed by atoms with E-state index in [0.717, 1.165) is 0 Å². The molecule has 3 N–H and O–H groups in total. The number of hydrogen-bond donors (Lipinski definition) is 2. The SMILES string of the molecule is Cc1cc(S(=O)(=O)NCC2COCCO2)cc(N)c1Cl. The van der Waals surface area contributed by atoms with Gasteiger partial charge in [0, 0.05) is 6.54 Å². The number of ether oxygens (including phenoxy) is 2. The van der Waals surface area contributed by atoms with Crippen molar-refractivity contribution in [2.45, 2.75) is 17.9 Å². The number of sulfonamides is 1. The van der Waals surface area contributed by atoms with E-state index in [1.165, 1.54) is 12.1 Å². The van der Waals surface area contributed by atoms with Crippen LogP contribution >= 0.6 is 11.6 Å². The van der Waals surface area contributed by atoms with Gasteiger partial charge in [0.1, 0.15) is 0 Å². The van der Waals surface area contributed by atoms with E-state index >= 15 is 0 Å². The van der Waals surface area contributed by atoms with E-state index in [2.05, 4.69) is 4.72 Å². The fourth-order valence-corrected chi connectivity index (χ4v) is 3.15. The Balaban J connectivity index is 2.10. The third-order valence-corrected chi connectivity index (χ3v) is 4.87. The van der Waals surface area contributed by atoms with E-state index < -0.39 is 10.0 Å². The first kappa shape index (κ1) is 15.5. The molecule has 0 radical (unpaired) electrons. The Hall–Kier alpha value is -0.860. The van der Waals surface area contributed by atoms with E-state index in [9.17, 15) is 8.42 Å². The Morgan fingerprint density at radius 1 is 1.45 bits per heavy atom. The van der Waals surface area contributed by atoms with E-state index in [1.807, 2.05) is 0 Å².